The van der Waals surface area contributed by atoms with Crippen LogP contribution in [0.1, 0.15) is 45.1 Å². The number of aromatic nitrogens is 2. The lowest BCUT2D eigenvalue weighted by atomic mass is 10.0. The van der Waals surface area contributed by atoms with E-state index in [4.69, 9.17) is 4.98 Å². The van der Waals surface area contributed by atoms with Crippen LogP contribution in [0.3, 0.4) is 0 Å². The molecule has 2 heterocycles. The van der Waals surface area contributed by atoms with Crippen LogP contribution in [-0.4, -0.2) is 29.1 Å². The molecule has 1 aliphatic rings. The summed E-state index contributed by atoms with van der Waals surface area (Å²) in [6.45, 7) is 8.51. The fraction of sp³-hybridized carbons (Fsp3) is 0.500. The molecule has 1 unspecified atom stereocenters. The molecule has 1 aromatic carbocycles. The van der Waals surface area contributed by atoms with Gasteiger partial charge in [-0.25, -0.2) is 4.98 Å². The van der Waals surface area contributed by atoms with Crippen LogP contribution in [0.5, 0.6) is 0 Å². The van der Waals surface area contributed by atoms with Crippen LogP contribution >= 0.6 is 0 Å². The Bertz CT molecular complexity index is 670. The van der Waals surface area contributed by atoms with Crippen molar-refractivity contribution in [1.82, 2.24) is 9.97 Å². The summed E-state index contributed by atoms with van der Waals surface area (Å²) in [6, 6.07) is 11.2. The minimum absolute atomic E-state index is 0.572. The number of aryl methyl sites for hydroxylation is 1. The molecule has 0 spiro atoms. The van der Waals surface area contributed by atoms with Crippen molar-refractivity contribution in [2.24, 2.45) is 0 Å². The standard InChI is InChI=1S/C20H28N4/c1-4-17-10-6-7-14-24(17)20-21-13-12-19(22-20)23(5-2)18-11-8-9-16(3)15-18/h8-9,11-13,15,17H,4-7,10,14H2,1-3H3. The van der Waals surface area contributed by atoms with Crippen LogP contribution < -0.4 is 9.80 Å². The van der Waals surface area contributed by atoms with E-state index in [1.165, 1.54) is 30.5 Å². The van der Waals surface area contributed by atoms with E-state index in [0.717, 1.165) is 31.3 Å². The first kappa shape index (κ1) is 16.7. The molecule has 1 aliphatic heterocycles. The van der Waals surface area contributed by atoms with E-state index in [2.05, 4.69) is 59.8 Å². The van der Waals surface area contributed by atoms with Gasteiger partial charge in [-0.15, -0.1) is 0 Å². The second kappa shape index (κ2) is 7.65. The van der Waals surface area contributed by atoms with Crippen LogP contribution in [0.2, 0.25) is 0 Å². The average Bonchev–Trinajstić information content (AvgIpc) is 2.63. The van der Waals surface area contributed by atoms with E-state index >= 15 is 0 Å². The number of benzene rings is 1. The molecule has 1 saturated heterocycles. The predicted molar refractivity (Wildman–Crippen MR) is 101 cm³/mol. The maximum absolute atomic E-state index is 4.91. The first-order valence-corrected chi connectivity index (χ1v) is 9.16. The summed E-state index contributed by atoms with van der Waals surface area (Å²) in [5, 5.41) is 0. The number of hydrogen-bond donors (Lipinski definition) is 0. The third-order valence-corrected chi connectivity index (χ3v) is 4.89. The zero-order valence-electron chi connectivity index (χ0n) is 15.1. The average molecular weight is 324 g/mol. The summed E-state index contributed by atoms with van der Waals surface area (Å²) < 4.78 is 0. The molecule has 2 aromatic rings. The van der Waals surface area contributed by atoms with Crippen molar-refractivity contribution >= 4 is 17.5 Å². The van der Waals surface area contributed by atoms with Gasteiger partial charge in [0.25, 0.3) is 0 Å². The Morgan fingerprint density at radius 2 is 2.08 bits per heavy atom. The number of hydrogen-bond acceptors (Lipinski definition) is 4. The third kappa shape index (κ3) is 3.53. The van der Waals surface area contributed by atoms with Crippen molar-refractivity contribution in [3.8, 4) is 0 Å². The highest BCUT2D eigenvalue weighted by molar-refractivity contribution is 5.61. The minimum atomic E-state index is 0.572. The second-order valence-electron chi connectivity index (χ2n) is 6.55. The first-order valence-electron chi connectivity index (χ1n) is 9.16. The normalized spacial score (nSPS) is 17.8. The van der Waals surface area contributed by atoms with Crippen molar-refractivity contribution in [3.63, 3.8) is 0 Å². The Kier molecular flexibility index (Phi) is 5.34. The highest BCUT2D eigenvalue weighted by Gasteiger charge is 2.23. The van der Waals surface area contributed by atoms with Crippen molar-refractivity contribution in [1.29, 1.82) is 0 Å². The molecule has 0 bridgehead atoms. The summed E-state index contributed by atoms with van der Waals surface area (Å²) in [6.07, 6.45) is 6.86. The molecule has 3 rings (SSSR count). The van der Waals surface area contributed by atoms with Gasteiger partial charge in [-0.05, 0) is 63.3 Å². The van der Waals surface area contributed by atoms with Crippen molar-refractivity contribution in [2.75, 3.05) is 22.9 Å². The van der Waals surface area contributed by atoms with Gasteiger partial charge in [-0.2, -0.15) is 4.98 Å². The van der Waals surface area contributed by atoms with Gasteiger partial charge in [-0.1, -0.05) is 19.1 Å². The van der Waals surface area contributed by atoms with Crippen LogP contribution in [0.25, 0.3) is 0 Å². The van der Waals surface area contributed by atoms with Crippen molar-refractivity contribution in [2.45, 2.75) is 52.5 Å². The van der Waals surface area contributed by atoms with E-state index < -0.39 is 0 Å². The van der Waals surface area contributed by atoms with Gasteiger partial charge in [-0.3, -0.25) is 0 Å². The lowest BCUT2D eigenvalue weighted by Gasteiger charge is -2.35. The molecule has 0 amide bonds. The molecule has 0 radical (unpaired) electrons. The number of rotatable bonds is 5. The highest BCUT2D eigenvalue weighted by atomic mass is 15.3. The Morgan fingerprint density at radius 3 is 2.83 bits per heavy atom. The van der Waals surface area contributed by atoms with Crippen molar-refractivity contribution < 1.29 is 0 Å². The Morgan fingerprint density at radius 1 is 1.21 bits per heavy atom. The third-order valence-electron chi connectivity index (χ3n) is 4.89. The SMILES string of the molecule is CCC1CCCCN1c1nccc(N(CC)c2cccc(C)c2)n1. The smallest absolute Gasteiger partial charge is 0.227 e. The van der Waals surface area contributed by atoms with Crippen molar-refractivity contribution in [3.05, 3.63) is 42.1 Å². The highest BCUT2D eigenvalue weighted by Crippen LogP contribution is 2.28. The largest absolute Gasteiger partial charge is 0.338 e. The van der Waals surface area contributed by atoms with Gasteiger partial charge in [0, 0.05) is 31.0 Å². The van der Waals surface area contributed by atoms with Gasteiger partial charge in [0.05, 0.1) is 0 Å². The molecular formula is C20H28N4. The molecule has 1 aromatic heterocycles. The van der Waals surface area contributed by atoms with Crippen LogP contribution in [0, 0.1) is 6.92 Å². The lowest BCUT2D eigenvalue weighted by Crippen LogP contribution is -2.40. The Balaban J connectivity index is 1.91. The molecule has 0 saturated carbocycles. The zero-order chi connectivity index (χ0) is 16.9. The van der Waals surface area contributed by atoms with Gasteiger partial charge in [0.1, 0.15) is 5.82 Å². The molecule has 0 aliphatic carbocycles. The van der Waals surface area contributed by atoms with E-state index in [9.17, 15) is 0 Å². The van der Waals surface area contributed by atoms with Gasteiger partial charge < -0.3 is 9.80 Å². The van der Waals surface area contributed by atoms with Crippen LogP contribution in [-0.2, 0) is 0 Å². The van der Waals surface area contributed by atoms with E-state index in [1.807, 2.05) is 12.3 Å². The molecule has 1 fully saturated rings. The second-order valence-corrected chi connectivity index (χ2v) is 6.55. The van der Waals surface area contributed by atoms with Crippen LogP contribution in [0.4, 0.5) is 17.5 Å². The summed E-state index contributed by atoms with van der Waals surface area (Å²) in [7, 11) is 0. The maximum Gasteiger partial charge on any atom is 0.227 e. The molecule has 0 N–H and O–H groups in total. The Labute approximate surface area is 145 Å². The minimum Gasteiger partial charge on any atom is -0.338 e. The topological polar surface area (TPSA) is 32.3 Å². The van der Waals surface area contributed by atoms with Gasteiger partial charge in [0.15, 0.2) is 0 Å². The van der Waals surface area contributed by atoms with E-state index in [-0.39, 0.29) is 0 Å². The summed E-state index contributed by atoms with van der Waals surface area (Å²) in [4.78, 5) is 14.1. The zero-order valence-corrected chi connectivity index (χ0v) is 15.1. The first-order chi connectivity index (χ1) is 11.7. The molecule has 4 nitrogen and oxygen atoms in total. The number of nitrogens with zero attached hydrogens (tertiary/aromatic N) is 4. The molecular weight excluding hydrogens is 296 g/mol. The molecule has 24 heavy (non-hydrogen) atoms. The quantitative estimate of drug-likeness (QED) is 0.797. The van der Waals surface area contributed by atoms with Gasteiger partial charge in [0.2, 0.25) is 5.95 Å². The Hall–Kier alpha value is -2.10. The van der Waals surface area contributed by atoms with Crippen LogP contribution in [0.15, 0.2) is 36.5 Å². The number of anilines is 3. The van der Waals surface area contributed by atoms with Gasteiger partial charge >= 0.3 is 0 Å². The fourth-order valence-electron chi connectivity index (χ4n) is 3.59. The molecule has 1 atom stereocenters. The number of piperidine rings is 1. The van der Waals surface area contributed by atoms with E-state index in [1.54, 1.807) is 0 Å². The van der Waals surface area contributed by atoms with E-state index in [0.29, 0.717) is 6.04 Å². The summed E-state index contributed by atoms with van der Waals surface area (Å²) in [5.41, 5.74) is 2.45. The predicted octanol–water partition coefficient (Wildman–Crippen LogP) is 4.71. The lowest BCUT2D eigenvalue weighted by molar-refractivity contribution is 0.443. The molecule has 4 heteroatoms. The molecule has 128 valence electrons. The summed E-state index contributed by atoms with van der Waals surface area (Å²) in [5.74, 6) is 1.86. The fourth-order valence-corrected chi connectivity index (χ4v) is 3.59. The monoisotopic (exact) mass is 324 g/mol. The summed E-state index contributed by atoms with van der Waals surface area (Å²) >= 11 is 0. The maximum atomic E-state index is 4.91.